The van der Waals surface area contributed by atoms with Crippen LogP contribution in [0.4, 0.5) is 5.69 Å². The Kier molecular flexibility index (Phi) is 4.75. The molecule has 0 saturated carbocycles. The average Bonchev–Trinajstić information content (AvgIpc) is 2.82. The zero-order chi connectivity index (χ0) is 14.7. The third-order valence-electron chi connectivity index (χ3n) is 2.78. The van der Waals surface area contributed by atoms with Crippen molar-refractivity contribution in [3.8, 4) is 0 Å². The molecule has 0 fully saturated rings. The van der Waals surface area contributed by atoms with Crippen LogP contribution in [0.1, 0.15) is 10.4 Å². The summed E-state index contributed by atoms with van der Waals surface area (Å²) < 4.78 is 0.751. The molecule has 0 spiro atoms. The second-order valence-electron chi connectivity index (χ2n) is 4.21. The molecule has 7 heteroatoms. The molecule has 0 unspecified atom stereocenters. The van der Waals surface area contributed by atoms with E-state index in [4.69, 9.17) is 34.1 Å². The highest BCUT2D eigenvalue weighted by Gasteiger charge is 2.13. The fraction of sp³-hybridized carbons (Fsp3) is 0.154. The predicted octanol–water partition coefficient (Wildman–Crippen LogP) is 3.79. The molecule has 0 bridgehead atoms. The van der Waals surface area contributed by atoms with Crippen LogP contribution >= 0.6 is 34.5 Å². The fourth-order valence-electron chi connectivity index (χ4n) is 1.86. The van der Waals surface area contributed by atoms with Crippen molar-refractivity contribution in [1.82, 2.24) is 0 Å². The van der Waals surface area contributed by atoms with Crippen molar-refractivity contribution in [2.75, 3.05) is 11.9 Å². The van der Waals surface area contributed by atoms with Gasteiger partial charge in [-0.05, 0) is 30.3 Å². The number of nitrogens with zero attached hydrogens (tertiary/aromatic N) is 2. The highest BCUT2D eigenvalue weighted by Crippen LogP contribution is 2.27. The number of hydrogen-bond donors (Lipinski definition) is 2. The molecule has 0 aliphatic rings. The molecular weight excluding hydrogens is 317 g/mol. The van der Waals surface area contributed by atoms with E-state index in [0.717, 1.165) is 14.9 Å². The van der Waals surface area contributed by atoms with Crippen LogP contribution in [0.3, 0.4) is 0 Å². The minimum atomic E-state index is 0.0264. The van der Waals surface area contributed by atoms with Crippen LogP contribution in [-0.4, -0.2) is 18.1 Å². The SMILES string of the molecule is CN(Cc1ccc(Cl)s1)c1ccc(Cl)cc1C(N)=NO. The number of halogens is 2. The Hall–Kier alpha value is -1.43. The molecule has 20 heavy (non-hydrogen) atoms. The lowest BCUT2D eigenvalue weighted by Gasteiger charge is -2.21. The third-order valence-corrected chi connectivity index (χ3v) is 4.23. The first-order chi connectivity index (χ1) is 9.51. The van der Waals surface area contributed by atoms with Gasteiger partial charge < -0.3 is 15.8 Å². The minimum absolute atomic E-state index is 0.0264. The number of rotatable bonds is 4. The first-order valence-electron chi connectivity index (χ1n) is 5.74. The molecule has 0 amide bonds. The van der Waals surface area contributed by atoms with Crippen LogP contribution in [0, 0.1) is 0 Å². The third kappa shape index (κ3) is 3.36. The quantitative estimate of drug-likeness (QED) is 0.388. The number of thiophene rings is 1. The van der Waals surface area contributed by atoms with Crippen LogP contribution < -0.4 is 10.6 Å². The lowest BCUT2D eigenvalue weighted by Crippen LogP contribution is -2.22. The summed E-state index contributed by atoms with van der Waals surface area (Å²) in [6.45, 7) is 0.671. The van der Waals surface area contributed by atoms with Crippen molar-refractivity contribution in [2.45, 2.75) is 6.54 Å². The van der Waals surface area contributed by atoms with Gasteiger partial charge in [0.2, 0.25) is 0 Å². The second kappa shape index (κ2) is 6.35. The lowest BCUT2D eigenvalue weighted by atomic mass is 10.1. The summed E-state index contributed by atoms with van der Waals surface area (Å²) >= 11 is 13.4. The summed E-state index contributed by atoms with van der Waals surface area (Å²) in [5, 5.41) is 12.4. The molecule has 106 valence electrons. The maximum atomic E-state index is 8.86. The van der Waals surface area contributed by atoms with Gasteiger partial charge in [-0.2, -0.15) is 0 Å². The van der Waals surface area contributed by atoms with Crippen LogP contribution in [0.5, 0.6) is 0 Å². The van der Waals surface area contributed by atoms with E-state index in [1.165, 1.54) is 11.3 Å². The number of hydrogen-bond acceptors (Lipinski definition) is 4. The van der Waals surface area contributed by atoms with Crippen molar-refractivity contribution in [2.24, 2.45) is 10.9 Å². The van der Waals surface area contributed by atoms with E-state index in [1.54, 1.807) is 12.1 Å². The number of nitrogens with two attached hydrogens (primary N) is 1. The molecule has 1 aromatic heterocycles. The van der Waals surface area contributed by atoms with Gasteiger partial charge in [0.15, 0.2) is 5.84 Å². The van der Waals surface area contributed by atoms with Crippen molar-refractivity contribution in [3.05, 3.63) is 50.1 Å². The summed E-state index contributed by atoms with van der Waals surface area (Å²) in [6, 6.07) is 9.11. The monoisotopic (exact) mass is 329 g/mol. The number of oxime groups is 1. The topological polar surface area (TPSA) is 61.8 Å². The first-order valence-corrected chi connectivity index (χ1v) is 7.31. The van der Waals surface area contributed by atoms with Gasteiger partial charge in [0.25, 0.3) is 0 Å². The zero-order valence-electron chi connectivity index (χ0n) is 10.7. The highest BCUT2D eigenvalue weighted by atomic mass is 35.5. The smallest absolute Gasteiger partial charge is 0.172 e. The average molecular weight is 330 g/mol. The van der Waals surface area contributed by atoms with Crippen molar-refractivity contribution >= 4 is 46.1 Å². The fourth-order valence-corrected chi connectivity index (χ4v) is 3.17. The number of amidine groups is 1. The van der Waals surface area contributed by atoms with Crippen LogP contribution in [0.2, 0.25) is 9.36 Å². The van der Waals surface area contributed by atoms with Gasteiger partial charge in [-0.25, -0.2) is 0 Å². The van der Waals surface area contributed by atoms with Crippen LogP contribution in [0.25, 0.3) is 0 Å². The van der Waals surface area contributed by atoms with Crippen LogP contribution in [0.15, 0.2) is 35.5 Å². The van der Waals surface area contributed by atoms with Gasteiger partial charge in [0.1, 0.15) is 0 Å². The summed E-state index contributed by atoms with van der Waals surface area (Å²) in [5.74, 6) is 0.0264. The van der Waals surface area contributed by atoms with E-state index in [9.17, 15) is 0 Å². The van der Waals surface area contributed by atoms with Crippen molar-refractivity contribution in [1.29, 1.82) is 0 Å². The molecule has 0 saturated heterocycles. The summed E-state index contributed by atoms with van der Waals surface area (Å²) in [4.78, 5) is 3.11. The first kappa shape index (κ1) is 15.0. The van der Waals surface area contributed by atoms with Gasteiger partial charge in [0, 0.05) is 28.2 Å². The molecule has 1 aromatic carbocycles. The van der Waals surface area contributed by atoms with E-state index in [2.05, 4.69) is 5.16 Å². The van der Waals surface area contributed by atoms with Crippen molar-refractivity contribution < 1.29 is 5.21 Å². The molecule has 0 aliphatic heterocycles. The van der Waals surface area contributed by atoms with E-state index < -0.39 is 0 Å². The van der Waals surface area contributed by atoms with Crippen molar-refractivity contribution in [3.63, 3.8) is 0 Å². The molecule has 4 nitrogen and oxygen atoms in total. The lowest BCUT2D eigenvalue weighted by molar-refractivity contribution is 0.318. The zero-order valence-corrected chi connectivity index (χ0v) is 13.0. The van der Waals surface area contributed by atoms with Gasteiger partial charge in [-0.15, -0.1) is 11.3 Å². The van der Waals surface area contributed by atoms with Gasteiger partial charge in [-0.1, -0.05) is 28.4 Å². The predicted molar refractivity (Wildman–Crippen MR) is 85.4 cm³/mol. The van der Waals surface area contributed by atoms with Gasteiger partial charge in [-0.3, -0.25) is 0 Å². The van der Waals surface area contributed by atoms with Gasteiger partial charge >= 0.3 is 0 Å². The molecule has 0 atom stereocenters. The molecule has 2 rings (SSSR count). The number of benzene rings is 1. The standard InChI is InChI=1S/C13H13Cl2N3OS/c1-18(7-9-3-5-12(15)20-9)11-4-2-8(14)6-10(11)13(16)17-19/h2-6,19H,7H2,1H3,(H2,16,17). The normalized spacial score (nSPS) is 11.7. The Morgan fingerprint density at radius 1 is 1.35 bits per heavy atom. The van der Waals surface area contributed by atoms with E-state index >= 15 is 0 Å². The van der Waals surface area contributed by atoms with Crippen LogP contribution in [-0.2, 0) is 6.54 Å². The highest BCUT2D eigenvalue weighted by molar-refractivity contribution is 7.16. The summed E-state index contributed by atoms with van der Waals surface area (Å²) in [6.07, 6.45) is 0. The number of anilines is 1. The molecule has 1 heterocycles. The Morgan fingerprint density at radius 3 is 2.70 bits per heavy atom. The minimum Gasteiger partial charge on any atom is -0.409 e. The van der Waals surface area contributed by atoms with E-state index in [1.807, 2.05) is 30.1 Å². The van der Waals surface area contributed by atoms with Gasteiger partial charge in [0.05, 0.1) is 10.9 Å². The Morgan fingerprint density at radius 2 is 2.10 bits per heavy atom. The Balaban J connectivity index is 2.31. The molecular formula is C13H13Cl2N3OS. The molecule has 3 N–H and O–H groups in total. The molecule has 0 aliphatic carbocycles. The summed E-state index contributed by atoms with van der Waals surface area (Å²) in [7, 11) is 1.92. The Labute approximate surface area is 131 Å². The van der Waals surface area contributed by atoms with E-state index in [0.29, 0.717) is 17.1 Å². The molecule has 0 radical (unpaired) electrons. The largest absolute Gasteiger partial charge is 0.409 e. The maximum Gasteiger partial charge on any atom is 0.172 e. The summed E-state index contributed by atoms with van der Waals surface area (Å²) in [5.41, 5.74) is 7.11. The van der Waals surface area contributed by atoms with E-state index in [-0.39, 0.29) is 5.84 Å². The molecule has 2 aromatic rings. The maximum absolute atomic E-state index is 8.86. The Bertz CT molecular complexity index is 642. The second-order valence-corrected chi connectivity index (χ2v) is 6.44.